The van der Waals surface area contributed by atoms with Gasteiger partial charge in [-0.3, -0.25) is 0 Å². The number of carbonyl (C=O) groups is 2. The molecule has 4 nitrogen and oxygen atoms in total. The highest BCUT2D eigenvalue weighted by atomic mass is 32.1. The number of thiophene rings is 1. The Kier molecular flexibility index (Phi) is 13.6. The van der Waals surface area contributed by atoms with Crippen LogP contribution in [0.15, 0.2) is 24.3 Å². The van der Waals surface area contributed by atoms with E-state index in [1.54, 1.807) is 0 Å². The number of anilines is 1. The summed E-state index contributed by atoms with van der Waals surface area (Å²) in [6, 6.07) is 6.65. The molecule has 2 N–H and O–H groups in total. The predicted octanol–water partition coefficient (Wildman–Crippen LogP) is 5.10. The molecule has 0 fully saturated rings. The number of rotatable bonds is 2. The zero-order chi connectivity index (χ0) is 21.5. The molecule has 28 heavy (non-hydrogen) atoms. The van der Waals surface area contributed by atoms with Gasteiger partial charge >= 0.3 is 0 Å². The number of benzene rings is 1. The van der Waals surface area contributed by atoms with Gasteiger partial charge in [-0.15, -0.1) is 11.3 Å². The Hall–Kier alpha value is -2.24. The van der Waals surface area contributed by atoms with Crippen LogP contribution in [0.25, 0.3) is 6.08 Å². The number of carbonyl (C=O) groups excluding carboxylic acids is 2. The standard InChI is InChI=1S/C13H18N2.C8H12S.2CH2O/c1-3-4-11-10(2)5-6-13-12(11)9-14-7-8-15-13;1-4-8-5-6(2)9-7(8)3;2*1-2/h3-6,14-15H,7-9H2,1-2H3;5H,4H2,1-3H3;2*1H2/b4-3-;;;. The number of nitrogens with one attached hydrogen (secondary N) is 2. The first kappa shape index (κ1) is 25.8. The van der Waals surface area contributed by atoms with E-state index >= 15 is 0 Å². The Bertz CT molecular complexity index is 736. The second-order valence-corrected chi connectivity index (χ2v) is 7.68. The summed E-state index contributed by atoms with van der Waals surface area (Å²) in [6.07, 6.45) is 5.48. The van der Waals surface area contributed by atoms with E-state index in [1.807, 2.05) is 24.9 Å². The normalized spacial score (nSPS) is 12.0. The molecule has 1 aromatic heterocycles. The molecule has 0 bridgehead atoms. The predicted molar refractivity (Wildman–Crippen MR) is 123 cm³/mol. The first-order valence-corrected chi connectivity index (χ1v) is 10.2. The second kappa shape index (κ2) is 14.8. The average Bonchev–Trinajstić information content (AvgIpc) is 2.90. The molecule has 0 radical (unpaired) electrons. The fourth-order valence-electron chi connectivity index (χ4n) is 3.07. The highest BCUT2D eigenvalue weighted by molar-refractivity contribution is 7.12. The lowest BCUT2D eigenvalue weighted by Crippen LogP contribution is -2.17. The lowest BCUT2D eigenvalue weighted by atomic mass is 9.99. The Morgan fingerprint density at radius 1 is 1.11 bits per heavy atom. The van der Waals surface area contributed by atoms with Crippen LogP contribution in [0.3, 0.4) is 0 Å². The lowest BCUT2D eigenvalue weighted by Gasteiger charge is -2.13. The molecule has 0 unspecified atom stereocenters. The van der Waals surface area contributed by atoms with Crippen molar-refractivity contribution in [1.82, 2.24) is 5.32 Å². The maximum atomic E-state index is 8.00. The van der Waals surface area contributed by atoms with Crippen molar-refractivity contribution in [1.29, 1.82) is 0 Å². The number of fused-ring (bicyclic) bond motifs is 1. The van der Waals surface area contributed by atoms with Crippen molar-refractivity contribution in [3.8, 4) is 0 Å². The summed E-state index contributed by atoms with van der Waals surface area (Å²) in [7, 11) is 0. The van der Waals surface area contributed by atoms with Crippen LogP contribution in [0, 0.1) is 20.8 Å². The first-order valence-electron chi connectivity index (χ1n) is 9.40. The molecule has 1 aliphatic heterocycles. The van der Waals surface area contributed by atoms with Crippen LogP contribution in [-0.4, -0.2) is 26.7 Å². The molecule has 5 heteroatoms. The maximum Gasteiger partial charge on any atom is 0.106 e. The quantitative estimate of drug-likeness (QED) is 0.734. The molecule has 3 rings (SSSR count). The molecule has 2 heterocycles. The number of aryl methyl sites for hydroxylation is 4. The molecule has 154 valence electrons. The average molecular weight is 403 g/mol. The highest BCUT2D eigenvalue weighted by Gasteiger charge is 2.11. The van der Waals surface area contributed by atoms with Crippen LogP contribution < -0.4 is 10.6 Å². The first-order chi connectivity index (χ1) is 13.6. The third-order valence-electron chi connectivity index (χ3n) is 4.35. The third-order valence-corrected chi connectivity index (χ3v) is 5.36. The van der Waals surface area contributed by atoms with Gasteiger partial charge in [0, 0.05) is 35.1 Å². The number of hydrogen-bond acceptors (Lipinski definition) is 5. The summed E-state index contributed by atoms with van der Waals surface area (Å²) >= 11 is 1.89. The molecule has 0 saturated heterocycles. The van der Waals surface area contributed by atoms with E-state index in [0.29, 0.717) is 0 Å². The minimum absolute atomic E-state index is 0.962. The molecular formula is C23H34N2O2S. The van der Waals surface area contributed by atoms with E-state index < -0.39 is 0 Å². The van der Waals surface area contributed by atoms with Gasteiger partial charge in [0.15, 0.2) is 0 Å². The fraction of sp³-hybridized carbons (Fsp3) is 0.391. The second-order valence-electron chi connectivity index (χ2n) is 6.22. The minimum Gasteiger partial charge on any atom is -0.383 e. The third kappa shape index (κ3) is 7.79. The van der Waals surface area contributed by atoms with Crippen molar-refractivity contribution in [3.63, 3.8) is 0 Å². The molecular weight excluding hydrogens is 368 g/mol. The molecule has 0 spiro atoms. The van der Waals surface area contributed by atoms with Crippen LogP contribution in [-0.2, 0) is 22.6 Å². The van der Waals surface area contributed by atoms with Crippen LogP contribution in [0.1, 0.15) is 45.9 Å². The van der Waals surface area contributed by atoms with Crippen LogP contribution in [0.5, 0.6) is 0 Å². The van der Waals surface area contributed by atoms with Gasteiger partial charge in [-0.25, -0.2) is 0 Å². The summed E-state index contributed by atoms with van der Waals surface area (Å²) in [5, 5.41) is 6.89. The van der Waals surface area contributed by atoms with E-state index in [2.05, 4.69) is 75.6 Å². The summed E-state index contributed by atoms with van der Waals surface area (Å²) in [5.74, 6) is 0. The summed E-state index contributed by atoms with van der Waals surface area (Å²) in [5.41, 5.74) is 6.89. The largest absolute Gasteiger partial charge is 0.383 e. The zero-order valence-corrected chi connectivity index (χ0v) is 18.7. The van der Waals surface area contributed by atoms with E-state index in [1.165, 1.54) is 44.1 Å². The number of allylic oxidation sites excluding steroid dienone is 1. The van der Waals surface area contributed by atoms with Crippen LogP contribution in [0.4, 0.5) is 5.69 Å². The van der Waals surface area contributed by atoms with E-state index in [-0.39, 0.29) is 0 Å². The fourth-order valence-corrected chi connectivity index (χ4v) is 4.09. The van der Waals surface area contributed by atoms with Gasteiger partial charge in [0.25, 0.3) is 0 Å². The monoisotopic (exact) mass is 402 g/mol. The summed E-state index contributed by atoms with van der Waals surface area (Å²) in [4.78, 5) is 18.9. The van der Waals surface area contributed by atoms with Crippen molar-refractivity contribution in [2.45, 2.75) is 47.6 Å². The minimum atomic E-state index is 0.962. The molecule has 1 aromatic carbocycles. The lowest BCUT2D eigenvalue weighted by molar-refractivity contribution is -0.0987. The van der Waals surface area contributed by atoms with Gasteiger partial charge in [-0.1, -0.05) is 25.1 Å². The Balaban J connectivity index is 0.000000481. The van der Waals surface area contributed by atoms with Gasteiger partial charge in [-0.2, -0.15) is 0 Å². The van der Waals surface area contributed by atoms with E-state index in [0.717, 1.165) is 19.6 Å². The highest BCUT2D eigenvalue weighted by Crippen LogP contribution is 2.25. The Morgan fingerprint density at radius 2 is 1.79 bits per heavy atom. The maximum absolute atomic E-state index is 8.00. The van der Waals surface area contributed by atoms with Crippen LogP contribution >= 0.6 is 11.3 Å². The molecule has 0 atom stereocenters. The Morgan fingerprint density at radius 3 is 2.29 bits per heavy atom. The SMILES string of the molecule is C/C=C\c1c(C)ccc2c1CNCCN2.C=O.C=O.CCc1cc(C)sc1C. The molecule has 1 aliphatic rings. The Labute approximate surface area is 174 Å². The molecule has 0 aliphatic carbocycles. The van der Waals surface area contributed by atoms with E-state index in [4.69, 9.17) is 9.59 Å². The summed E-state index contributed by atoms with van der Waals surface area (Å²) in [6.45, 7) is 17.8. The van der Waals surface area contributed by atoms with Gasteiger partial charge in [0.1, 0.15) is 13.6 Å². The van der Waals surface area contributed by atoms with E-state index in [9.17, 15) is 0 Å². The smallest absolute Gasteiger partial charge is 0.106 e. The summed E-state index contributed by atoms with van der Waals surface area (Å²) < 4.78 is 0. The van der Waals surface area contributed by atoms with Crippen LogP contribution in [0.2, 0.25) is 0 Å². The van der Waals surface area contributed by atoms with Gasteiger partial charge in [-0.05, 0) is 68.5 Å². The zero-order valence-electron chi connectivity index (χ0n) is 17.9. The van der Waals surface area contributed by atoms with Gasteiger partial charge < -0.3 is 20.2 Å². The molecule has 0 amide bonds. The topological polar surface area (TPSA) is 58.2 Å². The van der Waals surface area contributed by atoms with Gasteiger partial charge in [0.05, 0.1) is 0 Å². The van der Waals surface area contributed by atoms with Crippen molar-refractivity contribution in [2.24, 2.45) is 0 Å². The van der Waals surface area contributed by atoms with Crippen molar-refractivity contribution >= 4 is 36.7 Å². The van der Waals surface area contributed by atoms with Crippen molar-refractivity contribution in [3.05, 3.63) is 56.3 Å². The molecule has 2 aromatic rings. The van der Waals surface area contributed by atoms with Crippen molar-refractivity contribution in [2.75, 3.05) is 18.4 Å². The van der Waals surface area contributed by atoms with Gasteiger partial charge in [0.2, 0.25) is 0 Å². The number of hydrogen-bond donors (Lipinski definition) is 2. The van der Waals surface area contributed by atoms with Crippen molar-refractivity contribution < 1.29 is 9.59 Å². The molecule has 0 saturated carbocycles.